The molecule has 0 heterocycles. The largest absolute Gasteiger partial charge is 0.462 e. The molecule has 0 fully saturated rings. The summed E-state index contributed by atoms with van der Waals surface area (Å²) in [5.41, 5.74) is 0. The van der Waals surface area contributed by atoms with Gasteiger partial charge < -0.3 is 14.2 Å². The van der Waals surface area contributed by atoms with Crippen molar-refractivity contribution in [2.75, 3.05) is 13.2 Å². The van der Waals surface area contributed by atoms with Crippen molar-refractivity contribution in [2.45, 2.75) is 168 Å². The fraction of sp³-hybridized carbons (Fsp3) is 0.718. The monoisotopic (exact) mass is 630 g/mol. The van der Waals surface area contributed by atoms with Crippen molar-refractivity contribution in [1.29, 1.82) is 0 Å². The standard InChI is InChI=1S/C39H66O6/c1-4-7-10-13-14-15-16-17-18-19-20-21-22-23-24-27-30-33-39(42)45-36(34-43-37(40)31-28-25-11-8-5-2)35-44-38(41)32-29-26-12-9-6-3/h14-15,17-18,20-21,23-24,36H,4-13,16,19,22,25-35H2,1-3H3/b15-14+,18-17+,21-20+,24-23+. The van der Waals surface area contributed by atoms with Crippen LogP contribution in [0.5, 0.6) is 0 Å². The van der Waals surface area contributed by atoms with Crippen LogP contribution in [0.25, 0.3) is 0 Å². The van der Waals surface area contributed by atoms with Gasteiger partial charge in [-0.25, -0.2) is 0 Å². The molecular weight excluding hydrogens is 564 g/mol. The number of carbonyl (C=O) groups is 3. The van der Waals surface area contributed by atoms with Crippen molar-refractivity contribution in [3.63, 3.8) is 0 Å². The van der Waals surface area contributed by atoms with Crippen LogP contribution in [0.2, 0.25) is 0 Å². The summed E-state index contributed by atoms with van der Waals surface area (Å²) in [6, 6.07) is 0. The fourth-order valence-electron chi connectivity index (χ4n) is 4.55. The van der Waals surface area contributed by atoms with Crippen LogP contribution in [-0.4, -0.2) is 37.2 Å². The molecule has 0 spiro atoms. The van der Waals surface area contributed by atoms with E-state index in [0.717, 1.165) is 77.0 Å². The molecule has 0 amide bonds. The van der Waals surface area contributed by atoms with Crippen molar-refractivity contribution in [3.8, 4) is 0 Å². The van der Waals surface area contributed by atoms with Gasteiger partial charge in [-0.05, 0) is 57.8 Å². The number of hydrogen-bond donors (Lipinski definition) is 0. The minimum Gasteiger partial charge on any atom is -0.462 e. The Morgan fingerprint density at radius 2 is 0.822 bits per heavy atom. The number of ether oxygens (including phenoxy) is 3. The normalized spacial score (nSPS) is 11.9. The van der Waals surface area contributed by atoms with Gasteiger partial charge in [0.1, 0.15) is 13.2 Å². The number of allylic oxidation sites excluding steroid dienone is 8. The quantitative estimate of drug-likeness (QED) is 0.0328. The highest BCUT2D eigenvalue weighted by atomic mass is 16.6. The first kappa shape index (κ1) is 42.4. The first-order valence-corrected chi connectivity index (χ1v) is 18.1. The van der Waals surface area contributed by atoms with Crippen LogP contribution < -0.4 is 0 Å². The maximum Gasteiger partial charge on any atom is 0.306 e. The third-order valence-electron chi connectivity index (χ3n) is 7.34. The molecule has 0 aromatic carbocycles. The average Bonchev–Trinajstić information content (AvgIpc) is 3.03. The number of carbonyl (C=O) groups excluding carboxylic acids is 3. The van der Waals surface area contributed by atoms with E-state index in [0.29, 0.717) is 19.3 Å². The van der Waals surface area contributed by atoms with Gasteiger partial charge in [-0.1, -0.05) is 134 Å². The zero-order valence-electron chi connectivity index (χ0n) is 29.1. The molecule has 0 rings (SSSR count). The fourth-order valence-corrected chi connectivity index (χ4v) is 4.55. The van der Waals surface area contributed by atoms with E-state index in [-0.39, 0.29) is 37.5 Å². The van der Waals surface area contributed by atoms with E-state index in [1.54, 1.807) is 0 Å². The molecule has 0 saturated heterocycles. The van der Waals surface area contributed by atoms with Crippen molar-refractivity contribution in [1.82, 2.24) is 0 Å². The van der Waals surface area contributed by atoms with E-state index in [2.05, 4.69) is 69.4 Å². The summed E-state index contributed by atoms with van der Waals surface area (Å²) in [7, 11) is 0. The number of unbranched alkanes of at least 4 members (excludes halogenated alkanes) is 12. The molecule has 0 aliphatic rings. The molecule has 6 nitrogen and oxygen atoms in total. The summed E-state index contributed by atoms with van der Waals surface area (Å²) in [4.78, 5) is 36.9. The molecule has 0 saturated carbocycles. The van der Waals surface area contributed by atoms with Gasteiger partial charge in [0.05, 0.1) is 0 Å². The molecule has 0 aromatic rings. The second kappa shape index (κ2) is 34.2. The lowest BCUT2D eigenvalue weighted by atomic mass is 10.1. The lowest BCUT2D eigenvalue weighted by Gasteiger charge is -2.18. The number of esters is 3. The van der Waals surface area contributed by atoms with Gasteiger partial charge in [-0.15, -0.1) is 0 Å². The lowest BCUT2D eigenvalue weighted by Crippen LogP contribution is -2.30. The van der Waals surface area contributed by atoms with Gasteiger partial charge in [0.25, 0.3) is 0 Å². The summed E-state index contributed by atoms with van der Waals surface area (Å²) in [6.07, 6.45) is 37.3. The topological polar surface area (TPSA) is 78.9 Å². The Bertz CT molecular complexity index is 795. The first-order valence-electron chi connectivity index (χ1n) is 18.1. The van der Waals surface area contributed by atoms with Crippen LogP contribution in [0, 0.1) is 0 Å². The Balaban J connectivity index is 4.34. The molecule has 0 radical (unpaired) electrons. The van der Waals surface area contributed by atoms with E-state index < -0.39 is 6.10 Å². The third-order valence-corrected chi connectivity index (χ3v) is 7.34. The third kappa shape index (κ3) is 32.6. The van der Waals surface area contributed by atoms with Crippen molar-refractivity contribution in [2.24, 2.45) is 0 Å². The van der Waals surface area contributed by atoms with E-state index in [1.807, 2.05) is 0 Å². The molecule has 0 aliphatic carbocycles. The van der Waals surface area contributed by atoms with E-state index in [1.165, 1.54) is 38.5 Å². The minimum atomic E-state index is -0.790. The van der Waals surface area contributed by atoms with Crippen molar-refractivity contribution in [3.05, 3.63) is 48.6 Å². The predicted molar refractivity (Wildman–Crippen MR) is 187 cm³/mol. The summed E-state index contributed by atoms with van der Waals surface area (Å²) in [5, 5.41) is 0. The maximum absolute atomic E-state index is 12.5. The zero-order chi connectivity index (χ0) is 33.1. The maximum atomic E-state index is 12.5. The summed E-state index contributed by atoms with van der Waals surface area (Å²) < 4.78 is 16.3. The molecule has 45 heavy (non-hydrogen) atoms. The van der Waals surface area contributed by atoms with Crippen molar-refractivity contribution >= 4 is 17.9 Å². The van der Waals surface area contributed by atoms with Gasteiger partial charge >= 0.3 is 17.9 Å². The van der Waals surface area contributed by atoms with Crippen LogP contribution in [0.1, 0.15) is 162 Å². The van der Waals surface area contributed by atoms with Crippen LogP contribution in [0.3, 0.4) is 0 Å². The molecule has 0 bridgehead atoms. The first-order chi connectivity index (χ1) is 22.0. The Morgan fingerprint density at radius 1 is 0.444 bits per heavy atom. The SMILES string of the molecule is CCCCC/C=C/C/C=C/C/C=C/C/C=C/CCCC(=O)OC(COC(=O)CCCCCCC)COC(=O)CCCCCCC. The highest BCUT2D eigenvalue weighted by Gasteiger charge is 2.19. The summed E-state index contributed by atoms with van der Waals surface area (Å²) >= 11 is 0. The van der Waals surface area contributed by atoms with Crippen LogP contribution in [0.4, 0.5) is 0 Å². The van der Waals surface area contributed by atoms with E-state index in [9.17, 15) is 14.4 Å². The van der Waals surface area contributed by atoms with Gasteiger partial charge in [-0.3, -0.25) is 14.4 Å². The van der Waals surface area contributed by atoms with Crippen LogP contribution in [-0.2, 0) is 28.6 Å². The number of rotatable bonds is 31. The smallest absolute Gasteiger partial charge is 0.306 e. The van der Waals surface area contributed by atoms with Gasteiger partial charge in [0.2, 0.25) is 0 Å². The second-order valence-electron chi connectivity index (χ2n) is 11.8. The minimum absolute atomic E-state index is 0.0967. The number of hydrogen-bond acceptors (Lipinski definition) is 6. The molecule has 0 aliphatic heterocycles. The van der Waals surface area contributed by atoms with Gasteiger partial charge in [0.15, 0.2) is 6.10 Å². The Labute approximate surface area is 276 Å². The Morgan fingerprint density at radius 3 is 1.29 bits per heavy atom. The van der Waals surface area contributed by atoms with Crippen LogP contribution >= 0.6 is 0 Å². The van der Waals surface area contributed by atoms with Crippen LogP contribution in [0.15, 0.2) is 48.6 Å². The molecule has 0 unspecified atom stereocenters. The molecule has 0 aromatic heterocycles. The van der Waals surface area contributed by atoms with Gasteiger partial charge in [0, 0.05) is 19.3 Å². The average molecular weight is 631 g/mol. The summed E-state index contributed by atoms with van der Waals surface area (Å²) in [5.74, 6) is -0.993. The second-order valence-corrected chi connectivity index (χ2v) is 11.8. The van der Waals surface area contributed by atoms with E-state index >= 15 is 0 Å². The molecular formula is C39H66O6. The lowest BCUT2D eigenvalue weighted by molar-refractivity contribution is -0.167. The zero-order valence-corrected chi connectivity index (χ0v) is 29.1. The predicted octanol–water partition coefficient (Wildman–Crippen LogP) is 10.9. The highest BCUT2D eigenvalue weighted by molar-refractivity contribution is 5.71. The highest BCUT2D eigenvalue weighted by Crippen LogP contribution is 2.10. The van der Waals surface area contributed by atoms with E-state index in [4.69, 9.17) is 14.2 Å². The molecule has 0 N–H and O–H groups in total. The van der Waals surface area contributed by atoms with Gasteiger partial charge in [-0.2, -0.15) is 0 Å². The Kier molecular flexibility index (Phi) is 32.2. The molecule has 6 heteroatoms. The summed E-state index contributed by atoms with van der Waals surface area (Å²) in [6.45, 7) is 6.34. The Hall–Kier alpha value is -2.63. The molecule has 0 atom stereocenters. The molecule has 258 valence electrons. The van der Waals surface area contributed by atoms with Crippen molar-refractivity contribution < 1.29 is 28.6 Å².